The van der Waals surface area contributed by atoms with Crippen molar-refractivity contribution >= 4 is 39.1 Å². The molecule has 0 unspecified atom stereocenters. The number of hydrogen-bond acceptors (Lipinski definition) is 1. The lowest BCUT2D eigenvalue weighted by Crippen LogP contribution is -2.13. The van der Waals surface area contributed by atoms with Crippen LogP contribution >= 0.6 is 27.5 Å². The average molecular weight is 329 g/mol. The molecule has 0 saturated carbocycles. The molecule has 0 fully saturated rings. The van der Waals surface area contributed by atoms with Crippen LogP contribution in [0.5, 0.6) is 0 Å². The maximum absolute atomic E-state index is 11.9. The molecular weight excluding hydrogens is 314 g/mol. The molecule has 18 heavy (non-hydrogen) atoms. The quantitative estimate of drug-likeness (QED) is 0.783. The van der Waals surface area contributed by atoms with Gasteiger partial charge in [0.15, 0.2) is 0 Å². The molecule has 1 aliphatic rings. The third-order valence-electron chi connectivity index (χ3n) is 2.98. The molecule has 1 aromatic carbocycles. The molecule has 1 amide bonds. The molecule has 0 bridgehead atoms. The number of carbonyl (C=O) groups excluding carboxylic acids is 1. The highest BCUT2D eigenvalue weighted by Crippen LogP contribution is 2.26. The van der Waals surface area contributed by atoms with Gasteiger partial charge in [-0.3, -0.25) is 4.79 Å². The van der Waals surface area contributed by atoms with Gasteiger partial charge in [0, 0.05) is 16.6 Å². The molecule has 0 aliphatic heterocycles. The second-order valence-corrected chi connectivity index (χ2v) is 5.72. The van der Waals surface area contributed by atoms with Crippen LogP contribution in [0.1, 0.15) is 32.1 Å². The van der Waals surface area contributed by atoms with Gasteiger partial charge in [0.2, 0.25) is 5.91 Å². The fourth-order valence-electron chi connectivity index (χ4n) is 2.05. The van der Waals surface area contributed by atoms with Crippen LogP contribution < -0.4 is 5.32 Å². The molecular formula is C14H15BrClNO. The molecule has 0 radical (unpaired) electrons. The zero-order valence-electron chi connectivity index (χ0n) is 10.0. The summed E-state index contributed by atoms with van der Waals surface area (Å²) >= 11 is 9.24. The zero-order chi connectivity index (χ0) is 13.0. The predicted molar refractivity (Wildman–Crippen MR) is 78.9 cm³/mol. The molecule has 1 aromatic rings. The van der Waals surface area contributed by atoms with Crippen molar-refractivity contribution in [1.29, 1.82) is 0 Å². The Morgan fingerprint density at radius 3 is 2.89 bits per heavy atom. The van der Waals surface area contributed by atoms with Crippen LogP contribution in [0.3, 0.4) is 0 Å². The van der Waals surface area contributed by atoms with Crippen molar-refractivity contribution in [3.8, 4) is 0 Å². The first-order valence-electron chi connectivity index (χ1n) is 6.08. The summed E-state index contributed by atoms with van der Waals surface area (Å²) in [5, 5.41) is 3.53. The Morgan fingerprint density at radius 2 is 2.22 bits per heavy atom. The highest BCUT2D eigenvalue weighted by molar-refractivity contribution is 9.10. The summed E-state index contributed by atoms with van der Waals surface area (Å²) in [6.07, 6.45) is 7.30. The molecule has 1 N–H and O–H groups in total. The largest absolute Gasteiger partial charge is 0.326 e. The number of benzene rings is 1. The van der Waals surface area contributed by atoms with E-state index in [1.54, 1.807) is 12.1 Å². The van der Waals surface area contributed by atoms with Gasteiger partial charge in [0.05, 0.1) is 5.02 Å². The van der Waals surface area contributed by atoms with Crippen LogP contribution in [0.15, 0.2) is 34.3 Å². The Morgan fingerprint density at radius 1 is 1.39 bits per heavy atom. The highest BCUT2D eigenvalue weighted by atomic mass is 79.9. The number of hydrogen-bond donors (Lipinski definition) is 1. The fraction of sp³-hybridized carbons (Fsp3) is 0.357. The van der Waals surface area contributed by atoms with Gasteiger partial charge in [-0.2, -0.15) is 0 Å². The molecule has 1 aliphatic carbocycles. The van der Waals surface area contributed by atoms with E-state index in [0.717, 1.165) is 23.0 Å². The maximum Gasteiger partial charge on any atom is 0.228 e. The first kappa shape index (κ1) is 13.6. The Labute approximate surface area is 121 Å². The lowest BCUT2D eigenvalue weighted by molar-refractivity contribution is -0.115. The van der Waals surface area contributed by atoms with E-state index in [1.165, 1.54) is 18.4 Å². The minimum absolute atomic E-state index is 0.0392. The molecule has 0 spiro atoms. The predicted octanol–water partition coefficient (Wildman–Crippen LogP) is 4.93. The van der Waals surface area contributed by atoms with Gasteiger partial charge >= 0.3 is 0 Å². The summed E-state index contributed by atoms with van der Waals surface area (Å²) in [6.45, 7) is 0. The zero-order valence-corrected chi connectivity index (χ0v) is 12.4. The first-order valence-corrected chi connectivity index (χ1v) is 7.25. The van der Waals surface area contributed by atoms with Crippen LogP contribution in [0, 0.1) is 0 Å². The van der Waals surface area contributed by atoms with Crippen LogP contribution in [-0.2, 0) is 4.79 Å². The monoisotopic (exact) mass is 327 g/mol. The Bertz CT molecular complexity index is 485. The van der Waals surface area contributed by atoms with Crippen LogP contribution in [0.25, 0.3) is 0 Å². The van der Waals surface area contributed by atoms with Crippen molar-refractivity contribution in [1.82, 2.24) is 0 Å². The number of anilines is 1. The number of amides is 1. The standard InChI is InChI=1S/C14H15BrClNO/c15-12-9-11(6-7-13(12)16)17-14(18)8-10-4-2-1-3-5-10/h4,6-7,9H,1-3,5,8H2,(H,17,18). The van der Waals surface area contributed by atoms with Crippen LogP contribution in [-0.4, -0.2) is 5.91 Å². The smallest absolute Gasteiger partial charge is 0.228 e. The number of rotatable bonds is 3. The van der Waals surface area contributed by atoms with Gasteiger partial charge in [0.25, 0.3) is 0 Å². The summed E-state index contributed by atoms with van der Waals surface area (Å²) in [5.41, 5.74) is 2.03. The van der Waals surface area contributed by atoms with E-state index in [4.69, 9.17) is 11.6 Å². The third-order valence-corrected chi connectivity index (χ3v) is 4.19. The topological polar surface area (TPSA) is 29.1 Å². The summed E-state index contributed by atoms with van der Waals surface area (Å²) in [4.78, 5) is 11.9. The second kappa shape index (κ2) is 6.39. The highest BCUT2D eigenvalue weighted by Gasteiger charge is 2.09. The Hall–Kier alpha value is -0.800. The fourth-order valence-corrected chi connectivity index (χ4v) is 2.55. The van der Waals surface area contributed by atoms with Crippen molar-refractivity contribution in [3.05, 3.63) is 39.3 Å². The van der Waals surface area contributed by atoms with E-state index in [2.05, 4.69) is 27.3 Å². The molecule has 0 aromatic heterocycles. The Kier molecular flexibility index (Phi) is 4.84. The summed E-state index contributed by atoms with van der Waals surface area (Å²) in [7, 11) is 0. The second-order valence-electron chi connectivity index (χ2n) is 4.46. The molecule has 4 heteroatoms. The third kappa shape index (κ3) is 3.85. The molecule has 96 valence electrons. The minimum Gasteiger partial charge on any atom is -0.326 e. The van der Waals surface area contributed by atoms with E-state index in [-0.39, 0.29) is 5.91 Å². The van der Waals surface area contributed by atoms with Gasteiger partial charge in [-0.25, -0.2) is 0 Å². The van der Waals surface area contributed by atoms with Gasteiger partial charge in [-0.05, 0) is 59.8 Å². The number of allylic oxidation sites excluding steroid dienone is 1. The number of halogens is 2. The van der Waals surface area contributed by atoms with E-state index < -0.39 is 0 Å². The van der Waals surface area contributed by atoms with E-state index in [9.17, 15) is 4.79 Å². The molecule has 2 nitrogen and oxygen atoms in total. The van der Waals surface area contributed by atoms with Crippen molar-refractivity contribution in [2.45, 2.75) is 32.1 Å². The Balaban J connectivity index is 1.94. The SMILES string of the molecule is O=C(CC1=CCCCC1)Nc1ccc(Cl)c(Br)c1. The molecule has 2 rings (SSSR count). The summed E-state index contributed by atoms with van der Waals surface area (Å²) < 4.78 is 0.791. The lowest BCUT2D eigenvalue weighted by atomic mass is 9.97. The van der Waals surface area contributed by atoms with Gasteiger partial charge in [-0.15, -0.1) is 0 Å². The molecule has 0 atom stereocenters. The van der Waals surface area contributed by atoms with Gasteiger partial charge < -0.3 is 5.32 Å². The van der Waals surface area contributed by atoms with Gasteiger partial charge in [-0.1, -0.05) is 23.3 Å². The van der Waals surface area contributed by atoms with E-state index >= 15 is 0 Å². The first-order chi connectivity index (χ1) is 8.65. The van der Waals surface area contributed by atoms with Crippen LogP contribution in [0.4, 0.5) is 5.69 Å². The average Bonchev–Trinajstić information content (AvgIpc) is 2.35. The van der Waals surface area contributed by atoms with Crippen molar-refractivity contribution in [2.75, 3.05) is 5.32 Å². The van der Waals surface area contributed by atoms with Gasteiger partial charge in [0.1, 0.15) is 0 Å². The van der Waals surface area contributed by atoms with Crippen LogP contribution in [0.2, 0.25) is 5.02 Å². The number of carbonyl (C=O) groups is 1. The lowest BCUT2D eigenvalue weighted by Gasteiger charge is -2.12. The summed E-state index contributed by atoms with van der Waals surface area (Å²) in [6, 6.07) is 5.39. The molecule has 0 saturated heterocycles. The molecule has 0 heterocycles. The van der Waals surface area contributed by atoms with E-state index in [0.29, 0.717) is 11.4 Å². The van der Waals surface area contributed by atoms with Crippen molar-refractivity contribution < 1.29 is 4.79 Å². The van der Waals surface area contributed by atoms with Crippen molar-refractivity contribution in [2.24, 2.45) is 0 Å². The minimum atomic E-state index is 0.0392. The van der Waals surface area contributed by atoms with E-state index in [1.807, 2.05) is 6.07 Å². The maximum atomic E-state index is 11.9. The normalized spacial score (nSPS) is 15.1. The summed E-state index contributed by atoms with van der Waals surface area (Å²) in [5.74, 6) is 0.0392. The number of nitrogens with one attached hydrogen (secondary N) is 1. The van der Waals surface area contributed by atoms with Crippen molar-refractivity contribution in [3.63, 3.8) is 0 Å².